The normalized spacial score (nSPS) is 12.1. The molecule has 2 aromatic rings. The zero-order valence-electron chi connectivity index (χ0n) is 15.3. The molecule has 0 fully saturated rings. The van der Waals surface area contributed by atoms with Crippen molar-refractivity contribution >= 4 is 28.9 Å². The molecule has 0 N–H and O–H groups in total. The van der Waals surface area contributed by atoms with Gasteiger partial charge in [0.2, 0.25) is 12.5 Å². The van der Waals surface area contributed by atoms with Crippen LogP contribution in [0.4, 0.5) is 18.9 Å². The summed E-state index contributed by atoms with van der Waals surface area (Å²) in [5.41, 5.74) is 1.40. The Morgan fingerprint density at radius 2 is 2.14 bits per heavy atom. The first-order valence-corrected chi connectivity index (χ1v) is 8.77. The molecule has 11 heteroatoms. The summed E-state index contributed by atoms with van der Waals surface area (Å²) in [4.78, 5) is 22.2. The van der Waals surface area contributed by atoms with Crippen LogP contribution in [0.2, 0.25) is 5.15 Å². The largest absolute Gasteiger partial charge is 0.425 e. The molecule has 0 bridgehead atoms. The summed E-state index contributed by atoms with van der Waals surface area (Å²) in [6.45, 7) is 2.15. The number of hydrogen-bond acceptors (Lipinski definition) is 5. The van der Waals surface area contributed by atoms with Gasteiger partial charge in [0, 0.05) is 19.2 Å². The Morgan fingerprint density at radius 3 is 2.75 bits per heavy atom. The van der Waals surface area contributed by atoms with E-state index in [0.717, 1.165) is 0 Å². The standard InChI is InChI=1S/C17H19ClF3N5O2/c1-3-25(15(27)7-6-12(2)24-28-11-17(19,20)21)14-10-26(23-16(14)18)13-5-4-8-22-9-13/h4-5,8-10H,3,6-7,11H2,1-2H3/b24-12+. The minimum Gasteiger partial charge on any atom is -0.386 e. The number of amides is 1. The van der Waals surface area contributed by atoms with Gasteiger partial charge >= 0.3 is 6.18 Å². The monoisotopic (exact) mass is 417 g/mol. The number of alkyl halides is 3. The van der Waals surface area contributed by atoms with Crippen LogP contribution in [0.25, 0.3) is 5.69 Å². The molecule has 0 saturated carbocycles. The van der Waals surface area contributed by atoms with E-state index in [4.69, 9.17) is 11.6 Å². The summed E-state index contributed by atoms with van der Waals surface area (Å²) in [6, 6.07) is 3.54. The number of halogens is 4. The van der Waals surface area contributed by atoms with E-state index >= 15 is 0 Å². The van der Waals surface area contributed by atoms with Crippen LogP contribution in [0.3, 0.4) is 0 Å². The van der Waals surface area contributed by atoms with Crippen LogP contribution in [0, 0.1) is 0 Å². The Morgan fingerprint density at radius 1 is 1.39 bits per heavy atom. The second-order valence-corrected chi connectivity index (χ2v) is 6.17. The van der Waals surface area contributed by atoms with Gasteiger partial charge in [-0.1, -0.05) is 16.8 Å². The average molecular weight is 418 g/mol. The third-order valence-corrected chi connectivity index (χ3v) is 3.89. The van der Waals surface area contributed by atoms with Crippen molar-refractivity contribution in [2.75, 3.05) is 18.1 Å². The molecule has 0 saturated heterocycles. The highest BCUT2D eigenvalue weighted by molar-refractivity contribution is 6.32. The van der Waals surface area contributed by atoms with Gasteiger partial charge in [-0.05, 0) is 32.4 Å². The molecular formula is C17H19ClF3N5O2. The van der Waals surface area contributed by atoms with E-state index in [-0.39, 0.29) is 29.6 Å². The quantitative estimate of drug-likeness (QED) is 0.480. The van der Waals surface area contributed by atoms with Crippen molar-refractivity contribution in [2.45, 2.75) is 32.9 Å². The summed E-state index contributed by atoms with van der Waals surface area (Å²) in [5.74, 6) is -0.263. The molecule has 2 heterocycles. The van der Waals surface area contributed by atoms with Crippen molar-refractivity contribution < 1.29 is 22.8 Å². The van der Waals surface area contributed by atoms with Crippen molar-refractivity contribution in [3.8, 4) is 5.69 Å². The third-order valence-electron chi connectivity index (χ3n) is 3.62. The maximum Gasteiger partial charge on any atom is 0.425 e. The lowest BCUT2D eigenvalue weighted by atomic mass is 10.2. The second-order valence-electron chi connectivity index (χ2n) is 5.81. The number of rotatable bonds is 8. The fourth-order valence-corrected chi connectivity index (χ4v) is 2.54. The van der Waals surface area contributed by atoms with E-state index in [1.165, 1.54) is 16.5 Å². The number of oxime groups is 1. The molecule has 0 radical (unpaired) electrons. The Hall–Kier alpha value is -2.62. The van der Waals surface area contributed by atoms with Crippen LogP contribution in [-0.4, -0.2) is 45.7 Å². The van der Waals surface area contributed by atoms with E-state index in [1.54, 1.807) is 37.6 Å². The van der Waals surface area contributed by atoms with Crippen LogP contribution >= 0.6 is 11.6 Å². The summed E-state index contributed by atoms with van der Waals surface area (Å²) < 4.78 is 37.6. The summed E-state index contributed by atoms with van der Waals surface area (Å²) >= 11 is 6.19. The van der Waals surface area contributed by atoms with Crippen LogP contribution in [0.5, 0.6) is 0 Å². The maximum absolute atomic E-state index is 12.6. The fourth-order valence-electron chi connectivity index (χ4n) is 2.31. The molecule has 0 aliphatic heterocycles. The Bertz CT molecular complexity index is 824. The molecule has 0 aliphatic carbocycles. The number of hydrogen-bond donors (Lipinski definition) is 0. The van der Waals surface area contributed by atoms with E-state index in [9.17, 15) is 18.0 Å². The van der Waals surface area contributed by atoms with Gasteiger partial charge in [-0.3, -0.25) is 9.78 Å². The number of nitrogens with zero attached hydrogens (tertiary/aromatic N) is 5. The highest BCUT2D eigenvalue weighted by atomic mass is 35.5. The minimum absolute atomic E-state index is 0.0347. The lowest BCUT2D eigenvalue weighted by Crippen LogP contribution is -2.30. The van der Waals surface area contributed by atoms with Crippen molar-refractivity contribution in [1.29, 1.82) is 0 Å². The van der Waals surface area contributed by atoms with Crippen molar-refractivity contribution in [1.82, 2.24) is 14.8 Å². The zero-order valence-corrected chi connectivity index (χ0v) is 16.0. The van der Waals surface area contributed by atoms with Gasteiger partial charge in [0.05, 0.1) is 23.8 Å². The van der Waals surface area contributed by atoms with Crippen LogP contribution in [0.1, 0.15) is 26.7 Å². The molecule has 0 spiro atoms. The molecule has 0 unspecified atom stereocenters. The topological polar surface area (TPSA) is 72.6 Å². The molecule has 0 aromatic carbocycles. The molecule has 2 rings (SSSR count). The smallest absolute Gasteiger partial charge is 0.386 e. The average Bonchev–Trinajstić information content (AvgIpc) is 3.02. The molecule has 0 atom stereocenters. The lowest BCUT2D eigenvalue weighted by Gasteiger charge is -2.19. The van der Waals surface area contributed by atoms with Gasteiger partial charge in [0.15, 0.2) is 5.15 Å². The molecule has 1 amide bonds. The molecule has 0 aliphatic rings. The van der Waals surface area contributed by atoms with Crippen LogP contribution in [-0.2, 0) is 9.63 Å². The van der Waals surface area contributed by atoms with E-state index in [2.05, 4.69) is 20.1 Å². The fraction of sp³-hybridized carbons (Fsp3) is 0.412. The van der Waals surface area contributed by atoms with E-state index in [1.807, 2.05) is 0 Å². The lowest BCUT2D eigenvalue weighted by molar-refractivity contribution is -0.173. The third kappa shape index (κ3) is 6.22. The first kappa shape index (κ1) is 21.7. The number of anilines is 1. The van der Waals surface area contributed by atoms with Gasteiger partial charge in [0.1, 0.15) is 5.69 Å². The molecule has 28 heavy (non-hydrogen) atoms. The maximum atomic E-state index is 12.6. The number of carbonyl (C=O) groups excluding carboxylic acids is 1. The number of pyridine rings is 1. The van der Waals surface area contributed by atoms with Gasteiger partial charge < -0.3 is 9.74 Å². The van der Waals surface area contributed by atoms with E-state index in [0.29, 0.717) is 17.9 Å². The highest BCUT2D eigenvalue weighted by Crippen LogP contribution is 2.26. The van der Waals surface area contributed by atoms with Gasteiger partial charge in [-0.25, -0.2) is 4.68 Å². The summed E-state index contributed by atoms with van der Waals surface area (Å²) in [7, 11) is 0. The minimum atomic E-state index is -4.45. The van der Waals surface area contributed by atoms with Gasteiger partial charge in [0.25, 0.3) is 0 Å². The van der Waals surface area contributed by atoms with Crippen molar-refractivity contribution in [3.05, 3.63) is 35.9 Å². The molecule has 2 aromatic heterocycles. The van der Waals surface area contributed by atoms with Crippen LogP contribution < -0.4 is 4.90 Å². The molecular weight excluding hydrogens is 399 g/mol. The summed E-state index contributed by atoms with van der Waals surface area (Å²) in [5, 5.41) is 7.72. The first-order valence-electron chi connectivity index (χ1n) is 8.39. The zero-order chi connectivity index (χ0) is 20.7. The Balaban J connectivity index is 2.02. The van der Waals surface area contributed by atoms with Gasteiger partial charge in [-0.15, -0.1) is 0 Å². The number of aromatic nitrogens is 3. The Labute approximate surface area is 164 Å². The molecule has 7 nitrogen and oxygen atoms in total. The first-order chi connectivity index (χ1) is 13.2. The predicted molar refractivity (Wildman–Crippen MR) is 98.7 cm³/mol. The Kier molecular flexibility index (Phi) is 7.38. The predicted octanol–water partition coefficient (Wildman–Crippen LogP) is 4.01. The van der Waals surface area contributed by atoms with Crippen LogP contribution in [0.15, 0.2) is 35.9 Å². The van der Waals surface area contributed by atoms with Crippen molar-refractivity contribution in [2.24, 2.45) is 5.16 Å². The number of carbonyl (C=O) groups is 1. The SMILES string of the molecule is CCN(C(=O)CC/C(C)=N/OCC(F)(F)F)c1cn(-c2cccnc2)nc1Cl. The summed E-state index contributed by atoms with van der Waals surface area (Å²) in [6.07, 6.45) is 0.581. The molecule has 152 valence electrons. The second kappa shape index (κ2) is 9.54. The highest BCUT2D eigenvalue weighted by Gasteiger charge is 2.28. The van der Waals surface area contributed by atoms with E-state index < -0.39 is 12.8 Å². The van der Waals surface area contributed by atoms with Gasteiger partial charge in [-0.2, -0.15) is 18.3 Å². The van der Waals surface area contributed by atoms with Crippen molar-refractivity contribution in [3.63, 3.8) is 0 Å².